The zero-order chi connectivity index (χ0) is 14.7. The Morgan fingerprint density at radius 2 is 2.30 bits per heavy atom. The standard InChI is InChI=1S/C14H19N3O2S/c1-9(8-19-4)16-13(18)12-7-10(2)17(11(12)3)14-15-5-6-20-14/h5-7,9H,8H2,1-4H3,(H,16,18). The molecule has 0 aliphatic carbocycles. The fraction of sp³-hybridized carbons (Fsp3) is 0.429. The molecular weight excluding hydrogens is 274 g/mol. The number of nitrogens with one attached hydrogen (secondary N) is 1. The highest BCUT2D eigenvalue weighted by Crippen LogP contribution is 2.22. The second kappa shape index (κ2) is 6.19. The third kappa shape index (κ3) is 2.91. The van der Waals surface area contributed by atoms with Gasteiger partial charge in [-0.15, -0.1) is 11.3 Å². The van der Waals surface area contributed by atoms with Crippen LogP contribution < -0.4 is 5.32 Å². The minimum atomic E-state index is -0.0783. The molecule has 0 aliphatic heterocycles. The SMILES string of the molecule is COCC(C)NC(=O)c1cc(C)n(-c2nccs2)c1C. The van der Waals surface area contributed by atoms with Gasteiger partial charge in [0.15, 0.2) is 5.13 Å². The number of amides is 1. The number of hydrogen-bond donors (Lipinski definition) is 1. The van der Waals surface area contributed by atoms with Gasteiger partial charge in [0, 0.05) is 36.1 Å². The van der Waals surface area contributed by atoms with Gasteiger partial charge in [0.2, 0.25) is 0 Å². The minimum Gasteiger partial charge on any atom is -0.383 e. The first-order chi connectivity index (χ1) is 9.54. The Morgan fingerprint density at radius 1 is 1.55 bits per heavy atom. The highest BCUT2D eigenvalue weighted by molar-refractivity contribution is 7.12. The number of hydrogen-bond acceptors (Lipinski definition) is 4. The molecule has 1 N–H and O–H groups in total. The molecule has 1 amide bonds. The van der Waals surface area contributed by atoms with Crippen LogP contribution in [0.1, 0.15) is 28.7 Å². The topological polar surface area (TPSA) is 56.1 Å². The van der Waals surface area contributed by atoms with Crippen molar-refractivity contribution in [2.75, 3.05) is 13.7 Å². The second-order valence-corrected chi connectivity index (χ2v) is 5.64. The van der Waals surface area contributed by atoms with Gasteiger partial charge in [0.25, 0.3) is 5.91 Å². The summed E-state index contributed by atoms with van der Waals surface area (Å²) >= 11 is 1.55. The Kier molecular flexibility index (Phi) is 4.57. The summed E-state index contributed by atoms with van der Waals surface area (Å²) in [4.78, 5) is 16.6. The van der Waals surface area contributed by atoms with E-state index in [9.17, 15) is 4.79 Å². The molecule has 0 spiro atoms. The number of rotatable bonds is 5. The van der Waals surface area contributed by atoms with Crippen LogP contribution in [0.3, 0.4) is 0 Å². The average Bonchev–Trinajstić information content (AvgIpc) is 2.97. The Bertz CT molecular complexity index is 590. The van der Waals surface area contributed by atoms with Crippen LogP contribution in [0.4, 0.5) is 0 Å². The summed E-state index contributed by atoms with van der Waals surface area (Å²) in [6.07, 6.45) is 1.76. The number of methoxy groups -OCH3 is 1. The van der Waals surface area contributed by atoms with E-state index in [0.29, 0.717) is 12.2 Å². The van der Waals surface area contributed by atoms with Crippen molar-refractivity contribution < 1.29 is 9.53 Å². The first kappa shape index (κ1) is 14.7. The smallest absolute Gasteiger partial charge is 0.253 e. The van der Waals surface area contributed by atoms with Crippen LogP contribution in [0.5, 0.6) is 0 Å². The van der Waals surface area contributed by atoms with E-state index < -0.39 is 0 Å². The Labute approximate surface area is 122 Å². The second-order valence-electron chi connectivity index (χ2n) is 4.76. The van der Waals surface area contributed by atoms with Gasteiger partial charge in [0.1, 0.15) is 0 Å². The van der Waals surface area contributed by atoms with E-state index in [1.54, 1.807) is 24.6 Å². The van der Waals surface area contributed by atoms with E-state index in [1.165, 1.54) is 0 Å². The maximum atomic E-state index is 12.3. The zero-order valence-corrected chi connectivity index (χ0v) is 13.0. The van der Waals surface area contributed by atoms with Crippen molar-refractivity contribution in [3.05, 3.63) is 34.6 Å². The molecule has 0 radical (unpaired) electrons. The number of aromatic nitrogens is 2. The number of carbonyl (C=O) groups is 1. The normalized spacial score (nSPS) is 12.4. The highest BCUT2D eigenvalue weighted by Gasteiger charge is 2.18. The Balaban J connectivity index is 2.26. The molecule has 0 aromatic carbocycles. The van der Waals surface area contributed by atoms with Gasteiger partial charge in [-0.3, -0.25) is 9.36 Å². The largest absolute Gasteiger partial charge is 0.383 e. The summed E-state index contributed by atoms with van der Waals surface area (Å²) in [5.41, 5.74) is 2.59. The van der Waals surface area contributed by atoms with Crippen molar-refractivity contribution in [2.24, 2.45) is 0 Å². The third-order valence-electron chi connectivity index (χ3n) is 3.08. The van der Waals surface area contributed by atoms with Crippen LogP contribution in [0.25, 0.3) is 5.13 Å². The summed E-state index contributed by atoms with van der Waals surface area (Å²) < 4.78 is 7.03. The van der Waals surface area contributed by atoms with Crippen molar-refractivity contribution in [3.8, 4) is 5.13 Å². The lowest BCUT2D eigenvalue weighted by Gasteiger charge is -2.12. The lowest BCUT2D eigenvalue weighted by Crippen LogP contribution is -2.35. The number of thiazole rings is 1. The summed E-state index contributed by atoms with van der Waals surface area (Å²) in [5.74, 6) is -0.0783. The van der Waals surface area contributed by atoms with E-state index in [4.69, 9.17) is 4.74 Å². The number of nitrogens with zero attached hydrogens (tertiary/aromatic N) is 2. The molecule has 2 aromatic heterocycles. The molecule has 20 heavy (non-hydrogen) atoms. The number of aryl methyl sites for hydroxylation is 1. The molecule has 0 saturated heterocycles. The summed E-state index contributed by atoms with van der Waals surface area (Å²) in [6, 6.07) is 1.88. The fourth-order valence-electron chi connectivity index (χ4n) is 2.21. The lowest BCUT2D eigenvalue weighted by atomic mass is 10.2. The lowest BCUT2D eigenvalue weighted by molar-refractivity contribution is 0.0905. The van der Waals surface area contributed by atoms with Crippen LogP contribution in [-0.2, 0) is 4.74 Å². The van der Waals surface area contributed by atoms with Gasteiger partial charge in [-0.05, 0) is 26.8 Å². The Morgan fingerprint density at radius 3 is 2.90 bits per heavy atom. The van der Waals surface area contributed by atoms with Crippen LogP contribution in [-0.4, -0.2) is 35.2 Å². The van der Waals surface area contributed by atoms with Crippen molar-refractivity contribution in [1.29, 1.82) is 0 Å². The minimum absolute atomic E-state index is 0.0181. The van der Waals surface area contributed by atoms with Gasteiger partial charge in [-0.1, -0.05) is 0 Å². The quantitative estimate of drug-likeness (QED) is 0.920. The summed E-state index contributed by atoms with van der Waals surface area (Å²) in [6.45, 7) is 6.33. The van der Waals surface area contributed by atoms with Gasteiger partial charge in [-0.25, -0.2) is 4.98 Å². The van der Waals surface area contributed by atoms with E-state index in [0.717, 1.165) is 16.5 Å². The molecule has 2 heterocycles. The van der Waals surface area contributed by atoms with Gasteiger partial charge < -0.3 is 10.1 Å². The van der Waals surface area contributed by atoms with Gasteiger partial charge in [0.05, 0.1) is 12.2 Å². The zero-order valence-electron chi connectivity index (χ0n) is 12.1. The van der Waals surface area contributed by atoms with Crippen molar-refractivity contribution in [2.45, 2.75) is 26.8 Å². The average molecular weight is 293 g/mol. The molecule has 0 fully saturated rings. The van der Waals surface area contributed by atoms with E-state index in [-0.39, 0.29) is 11.9 Å². The number of ether oxygens (including phenoxy) is 1. The summed E-state index contributed by atoms with van der Waals surface area (Å²) in [5, 5.41) is 5.73. The fourth-order valence-corrected chi connectivity index (χ4v) is 2.96. The predicted octanol–water partition coefficient (Wildman–Crippen LogP) is 2.32. The molecule has 108 valence electrons. The van der Waals surface area contributed by atoms with Crippen molar-refractivity contribution >= 4 is 17.2 Å². The Hall–Kier alpha value is -1.66. The monoisotopic (exact) mass is 293 g/mol. The van der Waals surface area contributed by atoms with Gasteiger partial charge in [-0.2, -0.15) is 0 Å². The van der Waals surface area contributed by atoms with Crippen molar-refractivity contribution in [1.82, 2.24) is 14.9 Å². The molecule has 0 saturated carbocycles. The molecule has 2 rings (SSSR count). The molecule has 2 aromatic rings. The van der Waals surface area contributed by atoms with Crippen LogP contribution >= 0.6 is 11.3 Å². The highest BCUT2D eigenvalue weighted by atomic mass is 32.1. The predicted molar refractivity (Wildman–Crippen MR) is 79.7 cm³/mol. The van der Waals surface area contributed by atoms with Crippen molar-refractivity contribution in [3.63, 3.8) is 0 Å². The first-order valence-electron chi connectivity index (χ1n) is 6.43. The molecule has 5 nitrogen and oxygen atoms in total. The molecule has 0 aliphatic rings. The van der Waals surface area contributed by atoms with E-state index in [1.807, 2.05) is 36.8 Å². The van der Waals surface area contributed by atoms with Crippen LogP contribution in [0, 0.1) is 13.8 Å². The maximum absolute atomic E-state index is 12.3. The molecule has 1 atom stereocenters. The maximum Gasteiger partial charge on any atom is 0.253 e. The third-order valence-corrected chi connectivity index (χ3v) is 3.84. The molecule has 1 unspecified atom stereocenters. The molecule has 6 heteroatoms. The number of carbonyl (C=O) groups excluding carboxylic acids is 1. The summed E-state index contributed by atoms with van der Waals surface area (Å²) in [7, 11) is 1.62. The van der Waals surface area contributed by atoms with E-state index >= 15 is 0 Å². The first-order valence-corrected chi connectivity index (χ1v) is 7.31. The van der Waals surface area contributed by atoms with Crippen LogP contribution in [0.15, 0.2) is 17.6 Å². The van der Waals surface area contributed by atoms with Gasteiger partial charge >= 0.3 is 0 Å². The molecule has 0 bridgehead atoms. The van der Waals surface area contributed by atoms with Crippen LogP contribution in [0.2, 0.25) is 0 Å². The van der Waals surface area contributed by atoms with E-state index in [2.05, 4.69) is 10.3 Å². The molecular formula is C14H19N3O2S.